The monoisotopic (exact) mass is 289 g/mol. The van der Waals surface area contributed by atoms with Gasteiger partial charge in [-0.15, -0.1) is 0 Å². The highest BCUT2D eigenvalue weighted by molar-refractivity contribution is 7.91. The zero-order valence-corrected chi connectivity index (χ0v) is 11.6. The summed E-state index contributed by atoms with van der Waals surface area (Å²) in [6.45, 7) is 3.79. The second-order valence-electron chi connectivity index (χ2n) is 4.82. The van der Waals surface area contributed by atoms with Gasteiger partial charge in [-0.2, -0.15) is 4.31 Å². The molecule has 2 aliphatic rings. The van der Waals surface area contributed by atoms with Gasteiger partial charge in [-0.05, 0) is 25.8 Å². The number of nitrogens with one attached hydrogen (secondary N) is 2. The Morgan fingerprint density at radius 3 is 2.83 bits per heavy atom. The number of aromatic nitrogens is 1. The van der Waals surface area contributed by atoms with E-state index >= 15 is 0 Å². The fourth-order valence-electron chi connectivity index (χ4n) is 2.85. The van der Waals surface area contributed by atoms with Crippen LogP contribution in [0.5, 0.6) is 0 Å². The van der Waals surface area contributed by atoms with Gasteiger partial charge in [0.15, 0.2) is 4.21 Å². The molecule has 2 atom stereocenters. The van der Waals surface area contributed by atoms with Gasteiger partial charge in [0.25, 0.3) is 10.0 Å². The number of nitrogens with zero attached hydrogens (tertiary/aromatic N) is 1. The van der Waals surface area contributed by atoms with Gasteiger partial charge >= 0.3 is 4.87 Å². The molecule has 2 saturated heterocycles. The highest BCUT2D eigenvalue weighted by atomic mass is 32.2. The minimum absolute atomic E-state index is 0.0478. The minimum Gasteiger partial charge on any atom is -0.315 e. The number of fused-ring (bicyclic) bond motifs is 1. The van der Waals surface area contributed by atoms with Crippen molar-refractivity contribution in [2.75, 3.05) is 19.6 Å². The Labute approximate surface area is 109 Å². The van der Waals surface area contributed by atoms with Crippen molar-refractivity contribution in [2.45, 2.75) is 23.6 Å². The van der Waals surface area contributed by atoms with Crippen LogP contribution in [0.4, 0.5) is 0 Å². The van der Waals surface area contributed by atoms with Crippen molar-refractivity contribution < 1.29 is 8.42 Å². The SMILES string of the molecule is Cc1[nH]c(=O)sc1S(=O)(=O)N1CC[C@@H]2CNC[C@@H]21. The molecule has 0 spiro atoms. The number of aromatic amines is 1. The Hall–Kier alpha value is -0.700. The Kier molecular flexibility index (Phi) is 2.85. The highest BCUT2D eigenvalue weighted by Gasteiger charge is 2.44. The Balaban J connectivity index is 2.00. The summed E-state index contributed by atoms with van der Waals surface area (Å²) in [7, 11) is -3.52. The molecular formula is C10H15N3O3S2. The molecule has 2 aliphatic heterocycles. The average molecular weight is 289 g/mol. The van der Waals surface area contributed by atoms with E-state index in [1.54, 1.807) is 11.2 Å². The van der Waals surface area contributed by atoms with Crippen LogP contribution in [-0.4, -0.2) is 43.4 Å². The van der Waals surface area contributed by atoms with Gasteiger partial charge < -0.3 is 10.3 Å². The number of H-pyrrole nitrogens is 1. The van der Waals surface area contributed by atoms with Crippen LogP contribution in [0.1, 0.15) is 12.1 Å². The smallest absolute Gasteiger partial charge is 0.305 e. The number of hydrogen-bond acceptors (Lipinski definition) is 5. The quantitative estimate of drug-likeness (QED) is 0.785. The fourth-order valence-corrected chi connectivity index (χ4v) is 5.96. The zero-order chi connectivity index (χ0) is 12.9. The molecule has 0 amide bonds. The maximum atomic E-state index is 12.6. The van der Waals surface area contributed by atoms with E-state index in [-0.39, 0.29) is 15.1 Å². The fraction of sp³-hybridized carbons (Fsp3) is 0.700. The summed E-state index contributed by atoms with van der Waals surface area (Å²) in [5.74, 6) is 0.413. The van der Waals surface area contributed by atoms with Crippen LogP contribution in [-0.2, 0) is 10.0 Å². The van der Waals surface area contributed by atoms with Gasteiger partial charge in [0.1, 0.15) is 0 Å². The van der Waals surface area contributed by atoms with Crippen molar-refractivity contribution in [1.29, 1.82) is 0 Å². The third-order valence-electron chi connectivity index (χ3n) is 3.72. The van der Waals surface area contributed by atoms with Crippen molar-refractivity contribution in [3.8, 4) is 0 Å². The normalized spacial score (nSPS) is 28.7. The molecule has 0 radical (unpaired) electrons. The molecule has 0 saturated carbocycles. The first kappa shape index (κ1) is 12.3. The molecule has 0 aromatic carbocycles. The number of rotatable bonds is 2. The van der Waals surface area contributed by atoms with Crippen LogP contribution in [0, 0.1) is 12.8 Å². The lowest BCUT2D eigenvalue weighted by Gasteiger charge is -2.22. The number of hydrogen-bond donors (Lipinski definition) is 2. The van der Waals surface area contributed by atoms with Crippen LogP contribution in [0.2, 0.25) is 0 Å². The van der Waals surface area contributed by atoms with Gasteiger partial charge in [0.05, 0.1) is 0 Å². The Morgan fingerprint density at radius 1 is 1.39 bits per heavy atom. The highest BCUT2D eigenvalue weighted by Crippen LogP contribution is 2.33. The molecule has 1 aromatic heterocycles. The summed E-state index contributed by atoms with van der Waals surface area (Å²) in [5, 5.41) is 3.23. The molecule has 8 heteroatoms. The molecule has 18 heavy (non-hydrogen) atoms. The van der Waals surface area contributed by atoms with E-state index in [1.165, 1.54) is 0 Å². The number of aryl methyl sites for hydroxylation is 1. The molecule has 3 rings (SSSR count). The lowest BCUT2D eigenvalue weighted by Crippen LogP contribution is -2.38. The molecule has 0 bridgehead atoms. The summed E-state index contributed by atoms with van der Waals surface area (Å²) >= 11 is 0.781. The van der Waals surface area contributed by atoms with Crippen LogP contribution >= 0.6 is 11.3 Å². The maximum absolute atomic E-state index is 12.6. The third-order valence-corrected chi connectivity index (χ3v) is 7.22. The first-order chi connectivity index (χ1) is 8.50. The molecule has 2 N–H and O–H groups in total. The van der Waals surface area contributed by atoms with E-state index < -0.39 is 10.0 Å². The van der Waals surface area contributed by atoms with Crippen LogP contribution < -0.4 is 10.2 Å². The summed E-state index contributed by atoms with van der Waals surface area (Å²) in [4.78, 5) is 13.5. The second-order valence-corrected chi connectivity index (χ2v) is 7.89. The Bertz CT molecular complexity index is 619. The molecule has 100 valence electrons. The summed E-state index contributed by atoms with van der Waals surface area (Å²) in [6, 6.07) is 0.0478. The lowest BCUT2D eigenvalue weighted by molar-refractivity contribution is 0.383. The zero-order valence-electron chi connectivity index (χ0n) is 9.97. The van der Waals surface area contributed by atoms with E-state index in [0.29, 0.717) is 24.7 Å². The van der Waals surface area contributed by atoms with E-state index in [2.05, 4.69) is 10.3 Å². The standard InChI is InChI=1S/C10H15N3O3S2/c1-6-9(17-10(14)12-6)18(15,16)13-3-2-7-4-11-5-8(7)13/h7-8,11H,2-5H2,1H3,(H,12,14)/t7-,8+/m1/s1. The number of thiazole rings is 1. The predicted octanol–water partition coefficient (Wildman–Crippen LogP) is -0.273. The largest absolute Gasteiger partial charge is 0.315 e. The van der Waals surface area contributed by atoms with E-state index in [4.69, 9.17) is 0 Å². The summed E-state index contributed by atoms with van der Waals surface area (Å²) in [6.07, 6.45) is 0.898. The molecular weight excluding hydrogens is 274 g/mol. The lowest BCUT2D eigenvalue weighted by atomic mass is 10.1. The van der Waals surface area contributed by atoms with Crippen molar-refractivity contribution in [2.24, 2.45) is 5.92 Å². The van der Waals surface area contributed by atoms with Gasteiger partial charge in [0.2, 0.25) is 0 Å². The number of sulfonamides is 1. The first-order valence-corrected chi connectivity index (χ1v) is 8.18. The predicted molar refractivity (Wildman–Crippen MR) is 68.3 cm³/mol. The van der Waals surface area contributed by atoms with E-state index in [1.807, 2.05) is 0 Å². The van der Waals surface area contributed by atoms with Crippen molar-refractivity contribution in [3.05, 3.63) is 15.4 Å². The molecule has 0 unspecified atom stereocenters. The minimum atomic E-state index is -3.52. The average Bonchev–Trinajstić information content (AvgIpc) is 2.91. The van der Waals surface area contributed by atoms with Crippen molar-refractivity contribution in [1.82, 2.24) is 14.6 Å². The Morgan fingerprint density at radius 2 is 2.17 bits per heavy atom. The van der Waals surface area contributed by atoms with E-state index in [0.717, 1.165) is 24.3 Å². The molecule has 6 nitrogen and oxygen atoms in total. The van der Waals surface area contributed by atoms with Gasteiger partial charge in [0, 0.05) is 24.8 Å². The first-order valence-electron chi connectivity index (χ1n) is 5.92. The van der Waals surface area contributed by atoms with Gasteiger partial charge in [-0.25, -0.2) is 8.42 Å². The van der Waals surface area contributed by atoms with Crippen LogP contribution in [0.25, 0.3) is 0 Å². The van der Waals surface area contributed by atoms with Gasteiger partial charge in [-0.1, -0.05) is 11.3 Å². The van der Waals surface area contributed by atoms with Crippen molar-refractivity contribution in [3.63, 3.8) is 0 Å². The summed E-state index contributed by atoms with van der Waals surface area (Å²) in [5.41, 5.74) is 0.444. The molecule has 3 heterocycles. The molecule has 0 aliphatic carbocycles. The third kappa shape index (κ3) is 1.75. The maximum Gasteiger partial charge on any atom is 0.305 e. The van der Waals surface area contributed by atoms with Gasteiger partial charge in [-0.3, -0.25) is 4.79 Å². The van der Waals surface area contributed by atoms with E-state index in [9.17, 15) is 13.2 Å². The van der Waals surface area contributed by atoms with Crippen molar-refractivity contribution >= 4 is 21.4 Å². The second kappa shape index (κ2) is 4.16. The summed E-state index contributed by atoms with van der Waals surface area (Å²) < 4.78 is 26.8. The van der Waals surface area contributed by atoms with Crippen LogP contribution in [0.15, 0.2) is 9.00 Å². The molecule has 1 aromatic rings. The van der Waals surface area contributed by atoms with Crippen LogP contribution in [0.3, 0.4) is 0 Å². The topological polar surface area (TPSA) is 82.3 Å². The molecule has 2 fully saturated rings.